The van der Waals surface area contributed by atoms with E-state index in [2.05, 4.69) is 0 Å². The predicted molar refractivity (Wildman–Crippen MR) is 53.8 cm³/mol. The summed E-state index contributed by atoms with van der Waals surface area (Å²) < 4.78 is 0. The molecule has 0 fully saturated rings. The molecule has 0 aliphatic rings. The van der Waals surface area contributed by atoms with Crippen LogP contribution in [0, 0.1) is 10.1 Å². The lowest BCUT2D eigenvalue weighted by atomic mass is 9.85. The van der Waals surface area contributed by atoms with E-state index < -0.39 is 16.3 Å². The smallest absolute Gasteiger partial charge is 0.313 e. The lowest BCUT2D eigenvalue weighted by molar-refractivity contribution is -0.384. The minimum absolute atomic E-state index is 0.0955. The molecule has 0 saturated carbocycles. The van der Waals surface area contributed by atoms with Crippen LogP contribution in [0.15, 0.2) is 24.3 Å². The first-order valence-corrected chi connectivity index (χ1v) is 4.34. The number of aliphatic carboxylic acids is 1. The van der Waals surface area contributed by atoms with Gasteiger partial charge in [-0.05, 0) is 19.4 Å². The number of benzene rings is 1. The summed E-state index contributed by atoms with van der Waals surface area (Å²) in [6.07, 6.45) is 0. The molecule has 0 unspecified atom stereocenters. The zero-order valence-corrected chi connectivity index (χ0v) is 8.43. The van der Waals surface area contributed by atoms with E-state index in [0.29, 0.717) is 5.56 Å². The van der Waals surface area contributed by atoms with E-state index in [0.717, 1.165) is 0 Å². The van der Waals surface area contributed by atoms with Crippen molar-refractivity contribution < 1.29 is 14.8 Å². The van der Waals surface area contributed by atoms with Gasteiger partial charge in [0.25, 0.3) is 5.69 Å². The highest BCUT2D eigenvalue weighted by Crippen LogP contribution is 2.26. The van der Waals surface area contributed by atoms with Crippen molar-refractivity contribution in [3.05, 3.63) is 39.9 Å². The van der Waals surface area contributed by atoms with E-state index >= 15 is 0 Å². The van der Waals surface area contributed by atoms with E-state index in [1.54, 1.807) is 6.07 Å². The fraction of sp³-hybridized carbons (Fsp3) is 0.300. The van der Waals surface area contributed by atoms with Crippen LogP contribution in [0.4, 0.5) is 5.69 Å². The molecule has 5 nitrogen and oxygen atoms in total. The number of carboxylic acid groups (broad SMARTS) is 1. The fourth-order valence-corrected chi connectivity index (χ4v) is 1.13. The average Bonchev–Trinajstić information content (AvgIpc) is 2.17. The molecule has 1 N–H and O–H groups in total. The van der Waals surface area contributed by atoms with Crippen molar-refractivity contribution in [3.8, 4) is 0 Å². The van der Waals surface area contributed by atoms with Crippen molar-refractivity contribution in [1.29, 1.82) is 0 Å². The number of rotatable bonds is 3. The molecule has 0 atom stereocenters. The zero-order chi connectivity index (χ0) is 11.6. The van der Waals surface area contributed by atoms with Gasteiger partial charge in [-0.15, -0.1) is 0 Å². The minimum atomic E-state index is -1.12. The van der Waals surface area contributed by atoms with E-state index in [1.807, 2.05) is 0 Å². The van der Waals surface area contributed by atoms with Gasteiger partial charge in [0.2, 0.25) is 0 Å². The summed E-state index contributed by atoms with van der Waals surface area (Å²) in [4.78, 5) is 20.9. The van der Waals surface area contributed by atoms with Gasteiger partial charge >= 0.3 is 5.97 Å². The molecule has 0 saturated heterocycles. The summed E-state index contributed by atoms with van der Waals surface area (Å²) in [6.45, 7) is 3.02. The second-order valence-electron chi connectivity index (χ2n) is 3.74. The molecule has 0 amide bonds. The molecule has 1 aromatic carbocycles. The lowest BCUT2D eigenvalue weighted by Crippen LogP contribution is -2.28. The van der Waals surface area contributed by atoms with E-state index in [-0.39, 0.29) is 5.69 Å². The summed E-state index contributed by atoms with van der Waals surface area (Å²) in [6, 6.07) is 5.68. The Morgan fingerprint density at radius 3 is 2.53 bits per heavy atom. The maximum Gasteiger partial charge on any atom is 0.313 e. The van der Waals surface area contributed by atoms with Crippen LogP contribution in [0.2, 0.25) is 0 Å². The molecule has 15 heavy (non-hydrogen) atoms. The molecule has 0 radical (unpaired) electrons. The number of carboxylic acids is 1. The largest absolute Gasteiger partial charge is 0.481 e. The Bertz CT molecular complexity index is 412. The van der Waals surface area contributed by atoms with Crippen molar-refractivity contribution in [2.24, 2.45) is 0 Å². The predicted octanol–water partition coefficient (Wildman–Crippen LogP) is 1.96. The number of nitro benzene ring substituents is 1. The van der Waals surface area contributed by atoms with Gasteiger partial charge in [-0.25, -0.2) is 0 Å². The Labute approximate surface area is 86.5 Å². The summed E-state index contributed by atoms with van der Waals surface area (Å²) in [5, 5.41) is 19.5. The zero-order valence-electron chi connectivity index (χ0n) is 8.43. The van der Waals surface area contributed by atoms with E-state index in [1.165, 1.54) is 32.0 Å². The molecular weight excluding hydrogens is 198 g/mol. The fourth-order valence-electron chi connectivity index (χ4n) is 1.13. The summed E-state index contributed by atoms with van der Waals surface area (Å²) in [5.74, 6) is -1.01. The van der Waals surface area contributed by atoms with Crippen LogP contribution in [0.1, 0.15) is 19.4 Å². The molecule has 1 aromatic rings. The highest BCUT2D eigenvalue weighted by molar-refractivity contribution is 5.80. The Balaban J connectivity index is 3.21. The first-order chi connectivity index (χ1) is 6.85. The van der Waals surface area contributed by atoms with Crippen molar-refractivity contribution in [1.82, 2.24) is 0 Å². The van der Waals surface area contributed by atoms with Gasteiger partial charge < -0.3 is 5.11 Å². The number of carbonyl (C=O) groups is 1. The first-order valence-electron chi connectivity index (χ1n) is 4.34. The molecule has 1 rings (SSSR count). The van der Waals surface area contributed by atoms with Crippen LogP contribution < -0.4 is 0 Å². The molecule has 0 spiro atoms. The first kappa shape index (κ1) is 11.2. The Hall–Kier alpha value is -1.91. The second-order valence-corrected chi connectivity index (χ2v) is 3.74. The third-order valence-corrected chi connectivity index (χ3v) is 2.31. The number of hydrogen-bond donors (Lipinski definition) is 1. The third-order valence-electron chi connectivity index (χ3n) is 2.31. The molecule has 0 aromatic heterocycles. The van der Waals surface area contributed by atoms with Gasteiger partial charge in [0.1, 0.15) is 0 Å². The van der Waals surface area contributed by atoms with Gasteiger partial charge in [0.05, 0.1) is 10.3 Å². The number of non-ortho nitro benzene ring substituents is 1. The Morgan fingerprint density at radius 2 is 2.07 bits per heavy atom. The quantitative estimate of drug-likeness (QED) is 0.609. The highest BCUT2D eigenvalue weighted by Gasteiger charge is 2.30. The molecule has 5 heteroatoms. The molecule has 0 aliphatic heterocycles. The maximum atomic E-state index is 10.9. The normalized spacial score (nSPS) is 11.1. The van der Waals surface area contributed by atoms with Gasteiger partial charge in [-0.1, -0.05) is 12.1 Å². The Kier molecular flexibility index (Phi) is 2.74. The number of hydrogen-bond acceptors (Lipinski definition) is 3. The van der Waals surface area contributed by atoms with Crippen molar-refractivity contribution in [2.75, 3.05) is 0 Å². The van der Waals surface area contributed by atoms with Crippen LogP contribution in [0.5, 0.6) is 0 Å². The third kappa shape index (κ3) is 2.12. The minimum Gasteiger partial charge on any atom is -0.481 e. The standard InChI is InChI=1S/C10H11NO4/c1-10(2,9(12)13)7-4-3-5-8(6-7)11(14)15/h3-6H,1-2H3,(H,12,13). The molecule has 80 valence electrons. The number of nitro groups is 1. The van der Waals surface area contributed by atoms with E-state index in [9.17, 15) is 14.9 Å². The van der Waals surface area contributed by atoms with Crippen LogP contribution in [0.3, 0.4) is 0 Å². The molecule has 0 aliphatic carbocycles. The van der Waals surface area contributed by atoms with Gasteiger partial charge in [-0.2, -0.15) is 0 Å². The highest BCUT2D eigenvalue weighted by atomic mass is 16.6. The SMILES string of the molecule is CC(C)(C(=O)O)c1cccc([N+](=O)[O-])c1. The van der Waals surface area contributed by atoms with Crippen molar-refractivity contribution >= 4 is 11.7 Å². The van der Waals surface area contributed by atoms with Gasteiger partial charge in [-0.3, -0.25) is 14.9 Å². The van der Waals surface area contributed by atoms with Crippen LogP contribution in [-0.4, -0.2) is 16.0 Å². The second kappa shape index (κ2) is 3.68. The number of nitrogens with zero attached hydrogens (tertiary/aromatic N) is 1. The summed E-state index contributed by atoms with van der Waals surface area (Å²) in [5.41, 5.74) is -0.794. The summed E-state index contributed by atoms with van der Waals surface area (Å²) in [7, 11) is 0. The van der Waals surface area contributed by atoms with Crippen LogP contribution in [0.25, 0.3) is 0 Å². The van der Waals surface area contributed by atoms with Gasteiger partial charge in [0, 0.05) is 12.1 Å². The lowest BCUT2D eigenvalue weighted by Gasteiger charge is -2.18. The van der Waals surface area contributed by atoms with Gasteiger partial charge in [0.15, 0.2) is 0 Å². The molecular formula is C10H11NO4. The van der Waals surface area contributed by atoms with Crippen molar-refractivity contribution in [2.45, 2.75) is 19.3 Å². The van der Waals surface area contributed by atoms with Crippen LogP contribution in [-0.2, 0) is 10.2 Å². The van der Waals surface area contributed by atoms with Crippen molar-refractivity contribution in [3.63, 3.8) is 0 Å². The average molecular weight is 209 g/mol. The Morgan fingerprint density at radius 1 is 1.47 bits per heavy atom. The molecule has 0 bridgehead atoms. The molecule has 0 heterocycles. The van der Waals surface area contributed by atoms with E-state index in [4.69, 9.17) is 5.11 Å². The van der Waals surface area contributed by atoms with Crippen LogP contribution >= 0.6 is 0 Å². The topological polar surface area (TPSA) is 80.4 Å². The summed E-state index contributed by atoms with van der Waals surface area (Å²) >= 11 is 0. The maximum absolute atomic E-state index is 10.9. The monoisotopic (exact) mass is 209 g/mol.